The van der Waals surface area contributed by atoms with Gasteiger partial charge in [-0.15, -0.1) is 0 Å². The standard InChI is InChI=1S/C18H14N2O4/c21-18(19-13-4-2-1-3-5-13)10-14-9-16(24-20-14)12-6-7-15-17(8-12)23-11-22-15/h1-9H,10-11H2,(H,19,21). The first-order chi connectivity index (χ1) is 11.8. The molecule has 0 saturated carbocycles. The van der Waals surface area contributed by atoms with E-state index in [9.17, 15) is 4.79 Å². The number of hydrogen-bond acceptors (Lipinski definition) is 5. The summed E-state index contributed by atoms with van der Waals surface area (Å²) in [5.74, 6) is 1.82. The van der Waals surface area contributed by atoms with Crippen LogP contribution < -0.4 is 14.8 Å². The summed E-state index contributed by atoms with van der Waals surface area (Å²) in [6.45, 7) is 0.222. The first-order valence-corrected chi connectivity index (χ1v) is 7.48. The molecule has 6 heteroatoms. The highest BCUT2D eigenvalue weighted by molar-refractivity contribution is 5.92. The van der Waals surface area contributed by atoms with Gasteiger partial charge in [-0.3, -0.25) is 4.79 Å². The van der Waals surface area contributed by atoms with E-state index in [-0.39, 0.29) is 19.1 Å². The Morgan fingerprint density at radius 2 is 1.88 bits per heavy atom. The molecule has 1 amide bonds. The van der Waals surface area contributed by atoms with E-state index < -0.39 is 0 Å². The van der Waals surface area contributed by atoms with Crippen LogP contribution in [0.4, 0.5) is 5.69 Å². The number of aromatic nitrogens is 1. The number of carbonyl (C=O) groups is 1. The van der Waals surface area contributed by atoms with Gasteiger partial charge in [-0.25, -0.2) is 0 Å². The van der Waals surface area contributed by atoms with Crippen molar-refractivity contribution < 1.29 is 18.8 Å². The third-order valence-corrected chi connectivity index (χ3v) is 3.62. The van der Waals surface area contributed by atoms with Gasteiger partial charge >= 0.3 is 0 Å². The summed E-state index contributed by atoms with van der Waals surface area (Å²) in [4.78, 5) is 12.1. The van der Waals surface area contributed by atoms with Crippen molar-refractivity contribution >= 4 is 11.6 Å². The average molecular weight is 322 g/mol. The lowest BCUT2D eigenvalue weighted by molar-refractivity contribution is -0.115. The summed E-state index contributed by atoms with van der Waals surface area (Å²) in [6.07, 6.45) is 0.142. The molecule has 3 aromatic rings. The summed E-state index contributed by atoms with van der Waals surface area (Å²) >= 11 is 0. The van der Waals surface area contributed by atoms with Crippen molar-refractivity contribution in [3.63, 3.8) is 0 Å². The van der Waals surface area contributed by atoms with Crippen LogP contribution >= 0.6 is 0 Å². The van der Waals surface area contributed by atoms with Gasteiger partial charge in [0.15, 0.2) is 17.3 Å². The molecule has 0 saturated heterocycles. The van der Waals surface area contributed by atoms with Crippen LogP contribution in [0.15, 0.2) is 59.1 Å². The predicted molar refractivity (Wildman–Crippen MR) is 86.8 cm³/mol. The van der Waals surface area contributed by atoms with Crippen LogP contribution in [0.25, 0.3) is 11.3 Å². The van der Waals surface area contributed by atoms with Gasteiger partial charge in [0.1, 0.15) is 0 Å². The molecule has 1 aliphatic rings. The fourth-order valence-corrected chi connectivity index (χ4v) is 2.47. The third-order valence-electron chi connectivity index (χ3n) is 3.62. The van der Waals surface area contributed by atoms with Crippen molar-refractivity contribution in [3.05, 3.63) is 60.3 Å². The zero-order valence-electron chi connectivity index (χ0n) is 12.7. The number of benzene rings is 2. The molecule has 0 radical (unpaired) electrons. The fourth-order valence-electron chi connectivity index (χ4n) is 2.47. The third kappa shape index (κ3) is 2.94. The van der Waals surface area contributed by atoms with Gasteiger partial charge < -0.3 is 19.3 Å². The van der Waals surface area contributed by atoms with Gasteiger partial charge in [-0.05, 0) is 30.3 Å². The van der Waals surface area contributed by atoms with E-state index in [1.54, 1.807) is 6.07 Å². The van der Waals surface area contributed by atoms with Crippen LogP contribution in [-0.2, 0) is 11.2 Å². The summed E-state index contributed by atoms with van der Waals surface area (Å²) in [5.41, 5.74) is 2.14. The second-order valence-electron chi connectivity index (χ2n) is 5.34. The highest BCUT2D eigenvalue weighted by atomic mass is 16.7. The van der Waals surface area contributed by atoms with Crippen LogP contribution in [0.2, 0.25) is 0 Å². The Morgan fingerprint density at radius 3 is 2.75 bits per heavy atom. The van der Waals surface area contributed by atoms with Crippen LogP contribution in [0.3, 0.4) is 0 Å². The van der Waals surface area contributed by atoms with E-state index in [2.05, 4.69) is 10.5 Å². The molecule has 2 heterocycles. The van der Waals surface area contributed by atoms with Crippen LogP contribution in [0, 0.1) is 0 Å². The molecule has 24 heavy (non-hydrogen) atoms. The van der Waals surface area contributed by atoms with Crippen LogP contribution in [0.1, 0.15) is 5.69 Å². The smallest absolute Gasteiger partial charge is 0.231 e. The van der Waals surface area contributed by atoms with Gasteiger partial charge in [-0.1, -0.05) is 23.4 Å². The Hall–Kier alpha value is -3.28. The Morgan fingerprint density at radius 1 is 1.04 bits per heavy atom. The highest BCUT2D eigenvalue weighted by Gasteiger charge is 2.16. The summed E-state index contributed by atoms with van der Waals surface area (Å²) in [7, 11) is 0. The number of rotatable bonds is 4. The number of fused-ring (bicyclic) bond motifs is 1. The van der Waals surface area contributed by atoms with Crippen molar-refractivity contribution in [1.29, 1.82) is 0 Å². The molecular formula is C18H14N2O4. The SMILES string of the molecule is O=C(Cc1cc(-c2ccc3c(c2)OCO3)on1)Nc1ccccc1. The van der Waals surface area contributed by atoms with E-state index >= 15 is 0 Å². The molecule has 0 unspecified atom stereocenters. The number of para-hydroxylation sites is 1. The van der Waals surface area contributed by atoms with Crippen molar-refractivity contribution in [2.75, 3.05) is 12.1 Å². The minimum Gasteiger partial charge on any atom is -0.454 e. The molecule has 0 bridgehead atoms. The number of ether oxygens (including phenoxy) is 2. The van der Waals surface area contributed by atoms with Crippen molar-refractivity contribution in [1.82, 2.24) is 5.16 Å². The average Bonchev–Trinajstić information content (AvgIpc) is 3.24. The Bertz CT molecular complexity index is 874. The number of nitrogens with zero attached hydrogens (tertiary/aromatic N) is 1. The highest BCUT2D eigenvalue weighted by Crippen LogP contribution is 2.36. The van der Waals surface area contributed by atoms with E-state index in [0.717, 1.165) is 11.3 Å². The number of carbonyl (C=O) groups excluding carboxylic acids is 1. The first-order valence-electron chi connectivity index (χ1n) is 7.48. The molecule has 2 aromatic carbocycles. The maximum absolute atomic E-state index is 12.1. The van der Waals surface area contributed by atoms with Gasteiger partial charge in [-0.2, -0.15) is 0 Å². The maximum Gasteiger partial charge on any atom is 0.231 e. The number of amides is 1. The van der Waals surface area contributed by atoms with Crippen molar-refractivity contribution in [2.24, 2.45) is 0 Å². The normalized spacial score (nSPS) is 12.2. The minimum atomic E-state index is -0.147. The molecule has 1 N–H and O–H groups in total. The number of anilines is 1. The second kappa shape index (κ2) is 6.08. The molecule has 6 nitrogen and oxygen atoms in total. The molecule has 4 rings (SSSR count). The first kappa shape index (κ1) is 14.3. The Kier molecular flexibility index (Phi) is 3.63. The largest absolute Gasteiger partial charge is 0.454 e. The molecule has 0 atom stereocenters. The van der Waals surface area contributed by atoms with E-state index in [4.69, 9.17) is 14.0 Å². The molecule has 0 fully saturated rings. The van der Waals surface area contributed by atoms with Crippen molar-refractivity contribution in [2.45, 2.75) is 6.42 Å². The van der Waals surface area contributed by atoms with E-state index in [1.165, 1.54) is 0 Å². The van der Waals surface area contributed by atoms with Crippen LogP contribution in [-0.4, -0.2) is 17.9 Å². The van der Waals surface area contributed by atoms with Crippen molar-refractivity contribution in [3.8, 4) is 22.8 Å². The zero-order valence-corrected chi connectivity index (χ0v) is 12.7. The Labute approximate surface area is 138 Å². The lowest BCUT2D eigenvalue weighted by Crippen LogP contribution is -2.14. The predicted octanol–water partition coefficient (Wildman–Crippen LogP) is 3.25. The molecule has 1 aliphatic heterocycles. The molecule has 0 spiro atoms. The topological polar surface area (TPSA) is 73.6 Å². The summed E-state index contributed by atoms with van der Waals surface area (Å²) < 4.78 is 16.0. The molecular weight excluding hydrogens is 308 g/mol. The van der Waals surface area contributed by atoms with Gasteiger partial charge in [0.05, 0.1) is 12.1 Å². The zero-order chi connectivity index (χ0) is 16.4. The van der Waals surface area contributed by atoms with Gasteiger partial charge in [0.2, 0.25) is 12.7 Å². The van der Waals surface area contributed by atoms with E-state index in [1.807, 2.05) is 48.5 Å². The van der Waals surface area contributed by atoms with Gasteiger partial charge in [0, 0.05) is 17.3 Å². The Balaban J connectivity index is 1.46. The minimum absolute atomic E-state index is 0.142. The molecule has 0 aliphatic carbocycles. The number of nitrogens with one attached hydrogen (secondary N) is 1. The summed E-state index contributed by atoms with van der Waals surface area (Å²) in [6, 6.07) is 16.6. The molecule has 120 valence electrons. The monoisotopic (exact) mass is 322 g/mol. The molecule has 1 aromatic heterocycles. The van der Waals surface area contributed by atoms with Crippen LogP contribution in [0.5, 0.6) is 11.5 Å². The summed E-state index contributed by atoms with van der Waals surface area (Å²) in [5, 5.41) is 6.78. The fraction of sp³-hybridized carbons (Fsp3) is 0.111. The number of hydrogen-bond donors (Lipinski definition) is 1. The lowest BCUT2D eigenvalue weighted by Gasteiger charge is -2.02. The second-order valence-corrected chi connectivity index (χ2v) is 5.34. The maximum atomic E-state index is 12.1. The van der Waals surface area contributed by atoms with Gasteiger partial charge in [0.25, 0.3) is 0 Å². The van der Waals surface area contributed by atoms with E-state index in [0.29, 0.717) is 23.0 Å². The quantitative estimate of drug-likeness (QED) is 0.798. The lowest BCUT2D eigenvalue weighted by atomic mass is 10.1.